The van der Waals surface area contributed by atoms with Gasteiger partial charge in [0.05, 0.1) is 5.56 Å². The Morgan fingerprint density at radius 2 is 1.70 bits per heavy atom. The number of carbonyl (C=O) groups is 2. The Kier molecular flexibility index (Phi) is 4.15. The standard InChI is InChI=1S/C19H19NO3/c1-12-5-6-15(18(21)20-16-3-2-4-16)11-17(12)13-7-9-14(10-8-13)19(22)23/h5-11,16H,2-4H2,1H3,(H,20,21)(H,22,23). The molecule has 0 aliphatic heterocycles. The third-order valence-corrected chi connectivity index (χ3v) is 4.38. The molecule has 2 N–H and O–H groups in total. The van der Waals surface area contributed by atoms with Crippen molar-refractivity contribution in [3.63, 3.8) is 0 Å². The fourth-order valence-electron chi connectivity index (χ4n) is 2.69. The maximum atomic E-state index is 12.3. The van der Waals surface area contributed by atoms with Crippen LogP contribution < -0.4 is 5.32 Å². The van der Waals surface area contributed by atoms with Gasteiger partial charge < -0.3 is 10.4 Å². The number of carboxylic acids is 1. The van der Waals surface area contributed by atoms with Crippen LogP contribution in [0.3, 0.4) is 0 Å². The van der Waals surface area contributed by atoms with Gasteiger partial charge in [-0.1, -0.05) is 18.2 Å². The van der Waals surface area contributed by atoms with E-state index in [1.54, 1.807) is 24.3 Å². The van der Waals surface area contributed by atoms with E-state index in [0.29, 0.717) is 11.6 Å². The van der Waals surface area contributed by atoms with Crippen molar-refractivity contribution in [2.75, 3.05) is 0 Å². The number of nitrogens with one attached hydrogen (secondary N) is 1. The highest BCUT2D eigenvalue weighted by Gasteiger charge is 2.20. The molecule has 4 heteroatoms. The second-order valence-corrected chi connectivity index (χ2v) is 6.01. The third-order valence-electron chi connectivity index (χ3n) is 4.38. The maximum absolute atomic E-state index is 12.3. The van der Waals surface area contributed by atoms with Gasteiger partial charge in [-0.15, -0.1) is 0 Å². The summed E-state index contributed by atoms with van der Waals surface area (Å²) in [5.41, 5.74) is 3.80. The second kappa shape index (κ2) is 6.24. The fraction of sp³-hybridized carbons (Fsp3) is 0.263. The zero-order valence-corrected chi connectivity index (χ0v) is 13.0. The van der Waals surface area contributed by atoms with E-state index in [0.717, 1.165) is 29.5 Å². The molecule has 1 aliphatic rings. The van der Waals surface area contributed by atoms with Crippen molar-refractivity contribution < 1.29 is 14.7 Å². The lowest BCUT2D eigenvalue weighted by molar-refractivity contribution is 0.0696. The Morgan fingerprint density at radius 1 is 1.04 bits per heavy atom. The zero-order chi connectivity index (χ0) is 16.4. The van der Waals surface area contributed by atoms with Crippen LogP contribution in [-0.2, 0) is 0 Å². The molecular weight excluding hydrogens is 290 g/mol. The number of hydrogen-bond acceptors (Lipinski definition) is 2. The lowest BCUT2D eigenvalue weighted by Crippen LogP contribution is -2.39. The van der Waals surface area contributed by atoms with Crippen molar-refractivity contribution in [3.05, 3.63) is 59.2 Å². The summed E-state index contributed by atoms with van der Waals surface area (Å²) in [7, 11) is 0. The number of benzene rings is 2. The molecule has 0 saturated heterocycles. The van der Waals surface area contributed by atoms with Crippen molar-refractivity contribution in [2.24, 2.45) is 0 Å². The average Bonchev–Trinajstić information content (AvgIpc) is 2.51. The number of hydrogen-bond donors (Lipinski definition) is 2. The summed E-state index contributed by atoms with van der Waals surface area (Å²) in [6.07, 6.45) is 3.29. The molecule has 118 valence electrons. The minimum Gasteiger partial charge on any atom is -0.478 e. The Balaban J connectivity index is 1.87. The number of carboxylic acid groups (broad SMARTS) is 1. The Morgan fingerprint density at radius 3 is 2.26 bits per heavy atom. The van der Waals surface area contributed by atoms with Crippen LogP contribution in [0.25, 0.3) is 11.1 Å². The van der Waals surface area contributed by atoms with Crippen LogP contribution in [-0.4, -0.2) is 23.0 Å². The summed E-state index contributed by atoms with van der Waals surface area (Å²) in [5.74, 6) is -0.986. The molecule has 0 bridgehead atoms. The first-order valence-electron chi connectivity index (χ1n) is 7.80. The monoisotopic (exact) mass is 309 g/mol. The number of aromatic carboxylic acids is 1. The molecule has 0 aromatic heterocycles. The lowest BCUT2D eigenvalue weighted by Gasteiger charge is -2.26. The van der Waals surface area contributed by atoms with E-state index >= 15 is 0 Å². The first-order chi connectivity index (χ1) is 11.0. The van der Waals surface area contributed by atoms with E-state index in [-0.39, 0.29) is 11.5 Å². The van der Waals surface area contributed by atoms with Gasteiger partial charge in [-0.3, -0.25) is 4.79 Å². The normalized spacial score (nSPS) is 14.1. The summed E-state index contributed by atoms with van der Waals surface area (Å²) in [6.45, 7) is 1.98. The van der Waals surface area contributed by atoms with Gasteiger partial charge in [0.1, 0.15) is 0 Å². The quantitative estimate of drug-likeness (QED) is 0.906. The van der Waals surface area contributed by atoms with Gasteiger partial charge in [0, 0.05) is 11.6 Å². The van der Waals surface area contributed by atoms with Crippen LogP contribution in [0.4, 0.5) is 0 Å². The summed E-state index contributed by atoms with van der Waals surface area (Å²) >= 11 is 0. The van der Waals surface area contributed by atoms with Crippen LogP contribution in [0.5, 0.6) is 0 Å². The minimum atomic E-state index is -0.943. The van der Waals surface area contributed by atoms with E-state index in [2.05, 4.69) is 5.32 Å². The molecule has 3 rings (SSSR count). The Bertz CT molecular complexity index is 746. The topological polar surface area (TPSA) is 66.4 Å². The summed E-state index contributed by atoms with van der Waals surface area (Å²) in [6, 6.07) is 12.7. The highest BCUT2D eigenvalue weighted by Crippen LogP contribution is 2.26. The van der Waals surface area contributed by atoms with Crippen molar-refractivity contribution in [1.29, 1.82) is 0 Å². The summed E-state index contributed by atoms with van der Waals surface area (Å²) in [5, 5.41) is 12.0. The van der Waals surface area contributed by atoms with E-state index in [1.807, 2.05) is 25.1 Å². The smallest absolute Gasteiger partial charge is 0.335 e. The number of aryl methyl sites for hydroxylation is 1. The van der Waals surface area contributed by atoms with E-state index in [1.165, 1.54) is 6.42 Å². The van der Waals surface area contributed by atoms with E-state index in [4.69, 9.17) is 5.11 Å². The SMILES string of the molecule is Cc1ccc(C(=O)NC2CCC2)cc1-c1ccc(C(=O)O)cc1. The van der Waals surface area contributed by atoms with E-state index < -0.39 is 5.97 Å². The van der Waals surface area contributed by atoms with Crippen molar-refractivity contribution in [1.82, 2.24) is 5.32 Å². The predicted molar refractivity (Wildman–Crippen MR) is 88.7 cm³/mol. The molecule has 0 atom stereocenters. The number of carbonyl (C=O) groups excluding carboxylic acids is 1. The van der Waals surface area contributed by atoms with Crippen molar-refractivity contribution >= 4 is 11.9 Å². The molecule has 4 nitrogen and oxygen atoms in total. The molecule has 0 heterocycles. The van der Waals surface area contributed by atoms with Gasteiger partial charge in [0.25, 0.3) is 5.91 Å². The van der Waals surface area contributed by atoms with Gasteiger partial charge in [0.2, 0.25) is 0 Å². The zero-order valence-electron chi connectivity index (χ0n) is 13.0. The van der Waals surface area contributed by atoms with Crippen LogP contribution >= 0.6 is 0 Å². The van der Waals surface area contributed by atoms with Crippen LogP contribution in [0.2, 0.25) is 0 Å². The average molecular weight is 309 g/mol. The first kappa shape index (κ1) is 15.3. The fourth-order valence-corrected chi connectivity index (χ4v) is 2.69. The van der Waals surface area contributed by atoms with Crippen LogP contribution in [0.1, 0.15) is 45.5 Å². The lowest BCUT2D eigenvalue weighted by atomic mass is 9.92. The van der Waals surface area contributed by atoms with Crippen molar-refractivity contribution in [3.8, 4) is 11.1 Å². The van der Waals surface area contributed by atoms with Crippen LogP contribution in [0.15, 0.2) is 42.5 Å². The molecule has 2 aromatic carbocycles. The third kappa shape index (κ3) is 3.26. The number of rotatable bonds is 4. The highest BCUT2D eigenvalue weighted by molar-refractivity contribution is 5.96. The van der Waals surface area contributed by atoms with Gasteiger partial charge in [0.15, 0.2) is 0 Å². The Labute approximate surface area is 135 Å². The highest BCUT2D eigenvalue weighted by atomic mass is 16.4. The molecule has 0 spiro atoms. The van der Waals surface area contributed by atoms with Gasteiger partial charge in [-0.25, -0.2) is 4.79 Å². The summed E-state index contributed by atoms with van der Waals surface area (Å²) < 4.78 is 0. The predicted octanol–water partition coefficient (Wildman–Crippen LogP) is 3.64. The van der Waals surface area contributed by atoms with E-state index in [9.17, 15) is 9.59 Å². The molecule has 1 amide bonds. The first-order valence-corrected chi connectivity index (χ1v) is 7.80. The van der Waals surface area contributed by atoms with Crippen molar-refractivity contribution in [2.45, 2.75) is 32.2 Å². The molecule has 1 saturated carbocycles. The van der Waals surface area contributed by atoms with Gasteiger partial charge in [-0.05, 0) is 67.1 Å². The molecule has 0 unspecified atom stereocenters. The largest absolute Gasteiger partial charge is 0.478 e. The molecule has 0 radical (unpaired) electrons. The van der Waals surface area contributed by atoms with Gasteiger partial charge >= 0.3 is 5.97 Å². The molecule has 23 heavy (non-hydrogen) atoms. The minimum absolute atomic E-state index is 0.0434. The molecule has 1 aliphatic carbocycles. The Hall–Kier alpha value is -2.62. The molecule has 1 fully saturated rings. The van der Waals surface area contributed by atoms with Gasteiger partial charge in [-0.2, -0.15) is 0 Å². The molecule has 2 aromatic rings. The number of amides is 1. The summed E-state index contributed by atoms with van der Waals surface area (Å²) in [4.78, 5) is 23.2. The molecular formula is C19H19NO3. The van der Waals surface area contributed by atoms with Crippen LogP contribution in [0, 0.1) is 6.92 Å². The second-order valence-electron chi connectivity index (χ2n) is 6.01. The maximum Gasteiger partial charge on any atom is 0.335 e.